The Morgan fingerprint density at radius 3 is 3.23 bits per heavy atom. The number of nitrogens with one attached hydrogen (secondary N) is 1. The van der Waals surface area contributed by atoms with Crippen molar-refractivity contribution in [3.05, 3.63) is 34.9 Å². The fourth-order valence-corrected chi connectivity index (χ4v) is 2.60. The molecule has 0 spiro atoms. The van der Waals surface area contributed by atoms with Crippen LogP contribution < -0.4 is 5.32 Å². The Labute approximate surface area is 77.6 Å². The van der Waals surface area contributed by atoms with Crippen molar-refractivity contribution in [2.75, 3.05) is 6.54 Å². The Morgan fingerprint density at radius 2 is 2.31 bits per heavy atom. The van der Waals surface area contributed by atoms with Gasteiger partial charge in [0.25, 0.3) is 0 Å². The first-order valence-corrected chi connectivity index (χ1v) is 4.89. The van der Waals surface area contributed by atoms with Crippen LogP contribution in [-0.2, 0) is 6.42 Å². The maximum Gasteiger partial charge on any atom is 0.0811 e. The van der Waals surface area contributed by atoms with Gasteiger partial charge in [-0.1, -0.05) is 18.2 Å². The molecule has 1 aliphatic heterocycles. The number of aliphatic hydroxyl groups excluding tert-OH is 1. The molecule has 2 unspecified atom stereocenters. The van der Waals surface area contributed by atoms with Gasteiger partial charge in [-0.2, -0.15) is 0 Å². The van der Waals surface area contributed by atoms with Crippen molar-refractivity contribution < 1.29 is 5.11 Å². The lowest BCUT2D eigenvalue weighted by atomic mass is 9.95. The van der Waals surface area contributed by atoms with Crippen LogP contribution in [0.2, 0.25) is 0 Å². The fraction of sp³-hybridized carbons (Fsp3) is 0.455. The average Bonchev–Trinajstić information content (AvgIpc) is 2.47. The molecule has 2 nitrogen and oxygen atoms in total. The Balaban J connectivity index is 2.22. The average molecular weight is 175 g/mol. The summed E-state index contributed by atoms with van der Waals surface area (Å²) in [6.45, 7) is 1.05. The van der Waals surface area contributed by atoms with Crippen LogP contribution in [0, 0.1) is 0 Å². The molecule has 13 heavy (non-hydrogen) atoms. The van der Waals surface area contributed by atoms with E-state index in [2.05, 4.69) is 23.5 Å². The molecule has 2 atom stereocenters. The van der Waals surface area contributed by atoms with Gasteiger partial charge < -0.3 is 10.4 Å². The van der Waals surface area contributed by atoms with Crippen molar-refractivity contribution in [2.24, 2.45) is 0 Å². The summed E-state index contributed by atoms with van der Waals surface area (Å²) in [6.07, 6.45) is 1.71. The molecule has 2 N–H and O–H groups in total. The van der Waals surface area contributed by atoms with E-state index < -0.39 is 0 Å². The van der Waals surface area contributed by atoms with Crippen LogP contribution >= 0.6 is 0 Å². The molecule has 1 aromatic rings. The highest BCUT2D eigenvalue weighted by Gasteiger charge is 2.32. The summed E-state index contributed by atoms with van der Waals surface area (Å²) >= 11 is 0. The van der Waals surface area contributed by atoms with Crippen LogP contribution in [-0.4, -0.2) is 11.7 Å². The molecule has 3 rings (SSSR count). The Kier molecular flexibility index (Phi) is 1.49. The van der Waals surface area contributed by atoms with Crippen LogP contribution in [0.5, 0.6) is 0 Å². The van der Waals surface area contributed by atoms with Crippen molar-refractivity contribution in [3.8, 4) is 0 Å². The van der Waals surface area contributed by atoms with Gasteiger partial charge in [-0.3, -0.25) is 0 Å². The van der Waals surface area contributed by atoms with E-state index in [9.17, 15) is 5.11 Å². The third kappa shape index (κ3) is 0.960. The molecule has 0 radical (unpaired) electrons. The summed E-state index contributed by atoms with van der Waals surface area (Å²) < 4.78 is 0. The van der Waals surface area contributed by atoms with Gasteiger partial charge >= 0.3 is 0 Å². The van der Waals surface area contributed by atoms with Gasteiger partial charge in [-0.05, 0) is 36.1 Å². The maximum absolute atomic E-state index is 9.80. The van der Waals surface area contributed by atoms with Crippen molar-refractivity contribution in [1.82, 2.24) is 5.32 Å². The van der Waals surface area contributed by atoms with E-state index >= 15 is 0 Å². The van der Waals surface area contributed by atoms with Crippen LogP contribution in [0.15, 0.2) is 18.2 Å². The Morgan fingerprint density at radius 1 is 1.38 bits per heavy atom. The molecule has 0 saturated heterocycles. The second-order valence-corrected chi connectivity index (χ2v) is 3.93. The lowest BCUT2D eigenvalue weighted by molar-refractivity contribution is 0.169. The highest BCUT2D eigenvalue weighted by molar-refractivity contribution is 5.44. The molecule has 0 saturated carbocycles. The van der Waals surface area contributed by atoms with Gasteiger partial charge in [0.15, 0.2) is 0 Å². The summed E-state index contributed by atoms with van der Waals surface area (Å²) in [4.78, 5) is 0. The molecule has 0 aromatic heterocycles. The molecule has 0 amide bonds. The largest absolute Gasteiger partial charge is 0.388 e. The molecule has 0 bridgehead atoms. The first-order chi connectivity index (χ1) is 6.36. The third-order valence-electron chi connectivity index (χ3n) is 3.18. The van der Waals surface area contributed by atoms with Gasteiger partial charge in [0.1, 0.15) is 0 Å². The van der Waals surface area contributed by atoms with Crippen LogP contribution in [0.25, 0.3) is 0 Å². The second kappa shape index (κ2) is 2.56. The van der Waals surface area contributed by atoms with E-state index in [1.54, 1.807) is 0 Å². The lowest BCUT2D eigenvalue weighted by Crippen LogP contribution is -2.27. The Hall–Kier alpha value is -0.860. The van der Waals surface area contributed by atoms with E-state index in [4.69, 9.17) is 0 Å². The van der Waals surface area contributed by atoms with E-state index in [0.29, 0.717) is 6.04 Å². The number of rotatable bonds is 0. The summed E-state index contributed by atoms with van der Waals surface area (Å²) in [7, 11) is 0. The zero-order chi connectivity index (χ0) is 8.84. The van der Waals surface area contributed by atoms with E-state index in [1.165, 1.54) is 11.1 Å². The van der Waals surface area contributed by atoms with Crippen molar-refractivity contribution >= 4 is 0 Å². The lowest BCUT2D eigenvalue weighted by Gasteiger charge is -2.22. The van der Waals surface area contributed by atoms with E-state index in [0.717, 1.165) is 24.9 Å². The van der Waals surface area contributed by atoms with Gasteiger partial charge in [-0.15, -0.1) is 0 Å². The van der Waals surface area contributed by atoms with Gasteiger partial charge in [-0.25, -0.2) is 0 Å². The van der Waals surface area contributed by atoms with Crippen LogP contribution in [0.4, 0.5) is 0 Å². The predicted molar refractivity (Wildman–Crippen MR) is 50.5 cm³/mol. The first kappa shape index (κ1) is 7.54. The van der Waals surface area contributed by atoms with Gasteiger partial charge in [0, 0.05) is 6.04 Å². The van der Waals surface area contributed by atoms with E-state index in [1.807, 2.05) is 0 Å². The zero-order valence-electron chi connectivity index (χ0n) is 7.46. The molecule has 1 aromatic carbocycles. The molecule has 0 fully saturated rings. The second-order valence-electron chi connectivity index (χ2n) is 3.93. The first-order valence-electron chi connectivity index (χ1n) is 4.89. The molecule has 2 aliphatic rings. The minimum Gasteiger partial charge on any atom is -0.388 e. The standard InChI is InChI=1S/C11H13NO/c13-10-6-9-11-7(4-5-12-9)2-1-3-8(10)11/h1-3,9-10,12-13H,4-6H2. The quantitative estimate of drug-likeness (QED) is 0.623. The SMILES string of the molecule is OC1CC2NCCc3cccc1c32. The highest BCUT2D eigenvalue weighted by atomic mass is 16.3. The molecule has 68 valence electrons. The Bertz CT molecular complexity index is 348. The maximum atomic E-state index is 9.80. The highest BCUT2D eigenvalue weighted by Crippen LogP contribution is 2.42. The summed E-state index contributed by atoms with van der Waals surface area (Å²) in [6, 6.07) is 6.71. The number of hydrogen-bond acceptors (Lipinski definition) is 2. The topological polar surface area (TPSA) is 32.3 Å². The predicted octanol–water partition coefficient (Wildman–Crippen LogP) is 1.31. The van der Waals surface area contributed by atoms with Gasteiger partial charge in [0.05, 0.1) is 6.10 Å². The minimum atomic E-state index is -0.245. The van der Waals surface area contributed by atoms with E-state index in [-0.39, 0.29) is 6.10 Å². The van der Waals surface area contributed by atoms with Crippen molar-refractivity contribution in [2.45, 2.75) is 25.0 Å². The summed E-state index contributed by atoms with van der Waals surface area (Å²) in [5.41, 5.74) is 3.95. The molecule has 1 aliphatic carbocycles. The zero-order valence-corrected chi connectivity index (χ0v) is 7.46. The van der Waals surface area contributed by atoms with Crippen LogP contribution in [0.3, 0.4) is 0 Å². The van der Waals surface area contributed by atoms with Gasteiger partial charge in [0.2, 0.25) is 0 Å². The molecular formula is C11H13NO. The molecular weight excluding hydrogens is 162 g/mol. The third-order valence-corrected chi connectivity index (χ3v) is 3.18. The molecule has 1 heterocycles. The van der Waals surface area contributed by atoms with Crippen molar-refractivity contribution in [3.63, 3.8) is 0 Å². The summed E-state index contributed by atoms with van der Waals surface area (Å²) in [5, 5.41) is 13.2. The fourth-order valence-electron chi connectivity index (χ4n) is 2.60. The summed E-state index contributed by atoms with van der Waals surface area (Å²) in [5.74, 6) is 0. The monoisotopic (exact) mass is 175 g/mol. The molecule has 2 heteroatoms. The minimum absolute atomic E-state index is 0.245. The van der Waals surface area contributed by atoms with Crippen LogP contribution in [0.1, 0.15) is 35.3 Å². The number of hydrogen-bond donors (Lipinski definition) is 2. The number of aliphatic hydroxyl groups is 1. The normalized spacial score (nSPS) is 30.2. The number of benzene rings is 1. The van der Waals surface area contributed by atoms with Crippen molar-refractivity contribution in [1.29, 1.82) is 0 Å². The smallest absolute Gasteiger partial charge is 0.0811 e.